The van der Waals surface area contributed by atoms with E-state index in [1.165, 1.54) is 0 Å². The van der Waals surface area contributed by atoms with Crippen LogP contribution in [-0.4, -0.2) is 39.1 Å². The van der Waals surface area contributed by atoms with Crippen molar-refractivity contribution in [3.8, 4) is 0 Å². The molecule has 0 aliphatic rings. The Kier molecular flexibility index (Phi) is 8.70. The van der Waals surface area contributed by atoms with Crippen LogP contribution in [-0.2, 0) is 11.3 Å². The fourth-order valence-corrected chi connectivity index (χ4v) is 4.17. The summed E-state index contributed by atoms with van der Waals surface area (Å²) in [4.78, 5) is 27.8. The Hall–Kier alpha value is -3.16. The number of amides is 2. The minimum Gasteiger partial charge on any atom is -0.323 e. The highest BCUT2D eigenvalue weighted by Gasteiger charge is 2.19. The summed E-state index contributed by atoms with van der Waals surface area (Å²) in [5.41, 5.74) is 4.51. The Morgan fingerprint density at radius 3 is 2.26 bits per heavy atom. The number of aromatic nitrogens is 2. The van der Waals surface area contributed by atoms with Crippen molar-refractivity contribution >= 4 is 34.8 Å². The third kappa shape index (κ3) is 6.71. The van der Waals surface area contributed by atoms with E-state index in [9.17, 15) is 9.59 Å². The average Bonchev–Trinajstić information content (AvgIpc) is 3.16. The van der Waals surface area contributed by atoms with Crippen molar-refractivity contribution in [1.82, 2.24) is 14.7 Å². The molecule has 2 aromatic carbocycles. The topological polar surface area (TPSA) is 79.3 Å². The summed E-state index contributed by atoms with van der Waals surface area (Å²) in [7, 11) is 0. The highest BCUT2D eigenvalue weighted by atomic mass is 35.5. The van der Waals surface area contributed by atoms with Gasteiger partial charge in [0.05, 0.1) is 16.4 Å². The number of benzene rings is 2. The van der Waals surface area contributed by atoms with Crippen LogP contribution < -0.4 is 10.6 Å². The molecular formula is C27H34ClN5O2. The largest absolute Gasteiger partial charge is 0.323 e. The summed E-state index contributed by atoms with van der Waals surface area (Å²) in [6.07, 6.45) is 0. The smallest absolute Gasteiger partial charge is 0.255 e. The van der Waals surface area contributed by atoms with Crippen molar-refractivity contribution in [3.63, 3.8) is 0 Å². The molecule has 0 saturated carbocycles. The number of halogens is 1. The molecule has 1 aromatic heterocycles. The Morgan fingerprint density at radius 2 is 1.71 bits per heavy atom. The van der Waals surface area contributed by atoms with Gasteiger partial charge in [-0.3, -0.25) is 19.2 Å². The molecule has 7 nitrogen and oxygen atoms in total. The normalized spacial score (nSPS) is 12.1. The van der Waals surface area contributed by atoms with Gasteiger partial charge in [-0.2, -0.15) is 5.10 Å². The number of hydrogen-bond acceptors (Lipinski definition) is 4. The molecule has 0 bridgehead atoms. The maximum atomic E-state index is 12.7. The van der Waals surface area contributed by atoms with E-state index in [0.29, 0.717) is 28.0 Å². The molecule has 2 N–H and O–H groups in total. The third-order valence-electron chi connectivity index (χ3n) is 6.01. The van der Waals surface area contributed by atoms with Crippen LogP contribution in [0.5, 0.6) is 0 Å². The maximum absolute atomic E-state index is 12.7. The molecule has 1 unspecified atom stereocenters. The van der Waals surface area contributed by atoms with Gasteiger partial charge in [-0.1, -0.05) is 30.7 Å². The molecule has 2 amide bonds. The van der Waals surface area contributed by atoms with E-state index in [0.717, 1.165) is 30.0 Å². The van der Waals surface area contributed by atoms with Crippen molar-refractivity contribution < 1.29 is 9.59 Å². The summed E-state index contributed by atoms with van der Waals surface area (Å²) in [6.45, 7) is 13.9. The van der Waals surface area contributed by atoms with E-state index >= 15 is 0 Å². The highest BCUT2D eigenvalue weighted by Crippen LogP contribution is 2.27. The average molecular weight is 496 g/mol. The second kappa shape index (κ2) is 11.5. The second-order valence-corrected chi connectivity index (χ2v) is 9.45. The minimum atomic E-state index is -0.493. The first kappa shape index (κ1) is 26.4. The molecule has 1 atom stereocenters. The number of carbonyl (C=O) groups is 2. The highest BCUT2D eigenvalue weighted by molar-refractivity contribution is 6.34. The molecule has 3 rings (SSSR count). The van der Waals surface area contributed by atoms with E-state index in [1.807, 2.05) is 44.2 Å². The second-order valence-electron chi connectivity index (χ2n) is 9.04. The molecule has 8 heteroatoms. The number of carbonyl (C=O) groups excluding carboxylic acids is 2. The predicted octanol–water partition coefficient (Wildman–Crippen LogP) is 5.84. The summed E-state index contributed by atoms with van der Waals surface area (Å²) < 4.78 is 1.68. The van der Waals surface area contributed by atoms with Crippen LogP contribution in [0, 0.1) is 13.8 Å². The Balaban J connectivity index is 1.62. The molecule has 0 aliphatic carbocycles. The first-order valence-corrected chi connectivity index (χ1v) is 12.2. The van der Waals surface area contributed by atoms with Crippen molar-refractivity contribution in [2.45, 2.75) is 60.2 Å². The van der Waals surface area contributed by atoms with E-state index in [-0.39, 0.29) is 11.8 Å². The number of aryl methyl sites for hydroxylation is 2. The zero-order valence-corrected chi connectivity index (χ0v) is 22.0. The van der Waals surface area contributed by atoms with Gasteiger partial charge in [0.1, 0.15) is 6.04 Å². The monoisotopic (exact) mass is 495 g/mol. The SMILES string of the molecule is CCN(Cc1ccc(C(=O)Nc2ccc(NC(=O)C(C)n3nc(C)cc3C)c(Cl)c2)cc1)C(C)C. The molecule has 35 heavy (non-hydrogen) atoms. The summed E-state index contributed by atoms with van der Waals surface area (Å²) in [5.74, 6) is -0.451. The van der Waals surface area contributed by atoms with Crippen molar-refractivity contribution in [1.29, 1.82) is 0 Å². The first-order valence-electron chi connectivity index (χ1n) is 11.9. The number of rotatable bonds is 9. The minimum absolute atomic E-state index is 0.223. The van der Waals surface area contributed by atoms with Gasteiger partial charge in [0, 0.05) is 29.5 Å². The zero-order chi connectivity index (χ0) is 25.7. The Morgan fingerprint density at radius 1 is 1.03 bits per heavy atom. The molecule has 0 aliphatic heterocycles. The Labute approximate surface area is 212 Å². The third-order valence-corrected chi connectivity index (χ3v) is 6.33. The Bertz CT molecular complexity index is 1190. The van der Waals surface area contributed by atoms with Crippen LogP contribution in [0.3, 0.4) is 0 Å². The van der Waals surface area contributed by atoms with Gasteiger partial charge in [-0.25, -0.2) is 0 Å². The molecule has 0 saturated heterocycles. The van der Waals surface area contributed by atoms with Gasteiger partial charge in [-0.15, -0.1) is 0 Å². The number of nitrogens with one attached hydrogen (secondary N) is 2. The molecule has 0 fully saturated rings. The number of nitrogens with zero attached hydrogens (tertiary/aromatic N) is 3. The summed E-state index contributed by atoms with van der Waals surface area (Å²) in [6, 6.07) is 14.5. The molecular weight excluding hydrogens is 462 g/mol. The first-order chi connectivity index (χ1) is 16.6. The summed E-state index contributed by atoms with van der Waals surface area (Å²) in [5, 5.41) is 10.4. The lowest BCUT2D eigenvalue weighted by molar-refractivity contribution is -0.119. The van der Waals surface area contributed by atoms with Gasteiger partial charge >= 0.3 is 0 Å². The van der Waals surface area contributed by atoms with Crippen LogP contribution in [0.4, 0.5) is 11.4 Å². The van der Waals surface area contributed by atoms with Gasteiger partial charge < -0.3 is 10.6 Å². The van der Waals surface area contributed by atoms with E-state index in [1.54, 1.807) is 29.8 Å². The van der Waals surface area contributed by atoms with Gasteiger partial charge in [0.15, 0.2) is 0 Å². The fourth-order valence-electron chi connectivity index (χ4n) is 3.94. The van der Waals surface area contributed by atoms with Gasteiger partial charge in [-0.05, 0) is 83.1 Å². The lowest BCUT2D eigenvalue weighted by atomic mass is 10.1. The zero-order valence-electron chi connectivity index (χ0n) is 21.2. The van der Waals surface area contributed by atoms with Crippen LogP contribution in [0.25, 0.3) is 0 Å². The van der Waals surface area contributed by atoms with Crippen LogP contribution >= 0.6 is 11.6 Å². The van der Waals surface area contributed by atoms with E-state index < -0.39 is 6.04 Å². The molecule has 186 valence electrons. The molecule has 1 heterocycles. The van der Waals surface area contributed by atoms with Crippen LogP contribution in [0.2, 0.25) is 5.02 Å². The predicted molar refractivity (Wildman–Crippen MR) is 142 cm³/mol. The van der Waals surface area contributed by atoms with Gasteiger partial charge in [0.2, 0.25) is 5.91 Å². The lowest BCUT2D eigenvalue weighted by Gasteiger charge is -2.24. The lowest BCUT2D eigenvalue weighted by Crippen LogP contribution is -2.29. The van der Waals surface area contributed by atoms with Crippen LogP contribution in [0.15, 0.2) is 48.5 Å². The molecule has 0 spiro atoms. The van der Waals surface area contributed by atoms with E-state index in [4.69, 9.17) is 11.6 Å². The van der Waals surface area contributed by atoms with Gasteiger partial charge in [0.25, 0.3) is 5.91 Å². The van der Waals surface area contributed by atoms with Crippen LogP contribution in [0.1, 0.15) is 61.0 Å². The van der Waals surface area contributed by atoms with Crippen molar-refractivity contribution in [2.24, 2.45) is 0 Å². The fraction of sp³-hybridized carbons (Fsp3) is 0.370. The number of hydrogen-bond donors (Lipinski definition) is 2. The maximum Gasteiger partial charge on any atom is 0.255 e. The standard InChI is InChI=1S/C27H34ClN5O2/c1-7-32(17(2)3)16-21-8-10-22(11-9-21)27(35)29-23-12-13-25(24(28)15-23)30-26(34)20(6)33-19(5)14-18(4)31-33/h8-15,17,20H,7,16H2,1-6H3,(H,29,35)(H,30,34). The van der Waals surface area contributed by atoms with Crippen molar-refractivity contribution in [3.05, 3.63) is 76.1 Å². The van der Waals surface area contributed by atoms with Crippen molar-refractivity contribution in [2.75, 3.05) is 17.2 Å². The van der Waals surface area contributed by atoms with E-state index in [2.05, 4.69) is 41.4 Å². The molecule has 3 aromatic rings. The molecule has 0 radical (unpaired) electrons. The number of anilines is 2. The summed E-state index contributed by atoms with van der Waals surface area (Å²) >= 11 is 6.40. The quantitative estimate of drug-likeness (QED) is 0.391.